The Morgan fingerprint density at radius 1 is 1.38 bits per heavy atom. The molecule has 0 bridgehead atoms. The average molecular weight is 196 g/mol. The summed E-state index contributed by atoms with van der Waals surface area (Å²) in [4.78, 5) is 11.9. The molecule has 13 heavy (non-hydrogen) atoms. The van der Waals surface area contributed by atoms with Gasteiger partial charge in [-0.2, -0.15) is 0 Å². The highest BCUT2D eigenvalue weighted by Crippen LogP contribution is 2.20. The van der Waals surface area contributed by atoms with Crippen LogP contribution in [0.1, 0.15) is 0 Å². The summed E-state index contributed by atoms with van der Waals surface area (Å²) in [6, 6.07) is 1.80. The minimum atomic E-state index is 0.193. The van der Waals surface area contributed by atoms with E-state index in [0.717, 1.165) is 5.39 Å². The number of hydrogen-bond donors (Lipinski definition) is 0. The molecule has 0 radical (unpaired) electrons. The molecule has 4 nitrogen and oxygen atoms in total. The van der Waals surface area contributed by atoms with Gasteiger partial charge in [-0.15, -0.1) is 0 Å². The minimum absolute atomic E-state index is 0.193. The number of fused-ring (bicyclic) bond motifs is 1. The zero-order valence-electron chi connectivity index (χ0n) is 6.86. The van der Waals surface area contributed by atoms with Crippen molar-refractivity contribution >= 4 is 22.5 Å². The number of pyridine rings is 1. The number of methoxy groups -OCH3 is 1. The van der Waals surface area contributed by atoms with Gasteiger partial charge in [0.1, 0.15) is 5.52 Å². The van der Waals surface area contributed by atoms with Gasteiger partial charge in [-0.25, -0.2) is 15.0 Å². The van der Waals surface area contributed by atoms with Gasteiger partial charge in [0.2, 0.25) is 11.2 Å². The van der Waals surface area contributed by atoms with Crippen molar-refractivity contribution in [2.24, 2.45) is 0 Å². The Kier molecular flexibility index (Phi) is 1.98. The van der Waals surface area contributed by atoms with Crippen LogP contribution < -0.4 is 4.74 Å². The van der Waals surface area contributed by atoms with Gasteiger partial charge in [-0.1, -0.05) is 0 Å². The summed E-state index contributed by atoms with van der Waals surface area (Å²) in [6.07, 6.45) is 3.27. The third-order valence-electron chi connectivity index (χ3n) is 1.63. The van der Waals surface area contributed by atoms with E-state index < -0.39 is 0 Å². The number of nitrogens with zero attached hydrogens (tertiary/aromatic N) is 3. The van der Waals surface area contributed by atoms with Gasteiger partial charge < -0.3 is 4.74 Å². The lowest BCUT2D eigenvalue weighted by molar-refractivity contribution is 0.402. The maximum Gasteiger partial charge on any atom is 0.240 e. The second-order valence-electron chi connectivity index (χ2n) is 2.40. The van der Waals surface area contributed by atoms with Crippen molar-refractivity contribution in [2.75, 3.05) is 7.11 Å². The molecule has 0 aliphatic rings. The molecule has 5 heteroatoms. The lowest BCUT2D eigenvalue weighted by atomic mass is 10.3. The number of ether oxygens (including phenoxy) is 1. The van der Waals surface area contributed by atoms with Crippen LogP contribution in [0.15, 0.2) is 18.5 Å². The van der Waals surface area contributed by atoms with Crippen molar-refractivity contribution < 1.29 is 4.74 Å². The normalized spacial score (nSPS) is 10.3. The second-order valence-corrected chi connectivity index (χ2v) is 2.74. The van der Waals surface area contributed by atoms with Crippen LogP contribution in [0.25, 0.3) is 10.9 Å². The molecule has 0 aliphatic carbocycles. The first-order valence-corrected chi connectivity index (χ1v) is 4.00. The van der Waals surface area contributed by atoms with E-state index in [2.05, 4.69) is 15.0 Å². The molecule has 2 rings (SSSR count). The first-order valence-electron chi connectivity index (χ1n) is 3.62. The van der Waals surface area contributed by atoms with Crippen LogP contribution in [-0.4, -0.2) is 22.1 Å². The fourth-order valence-corrected chi connectivity index (χ4v) is 1.19. The molecule has 0 aromatic carbocycles. The highest BCUT2D eigenvalue weighted by atomic mass is 35.5. The van der Waals surface area contributed by atoms with E-state index >= 15 is 0 Å². The molecule has 0 fully saturated rings. The van der Waals surface area contributed by atoms with Crippen LogP contribution in [0.5, 0.6) is 5.88 Å². The van der Waals surface area contributed by atoms with Crippen LogP contribution in [0.4, 0.5) is 0 Å². The Morgan fingerprint density at radius 3 is 3.00 bits per heavy atom. The van der Waals surface area contributed by atoms with E-state index in [1.165, 1.54) is 7.11 Å². The van der Waals surface area contributed by atoms with Gasteiger partial charge in [0.15, 0.2) is 0 Å². The molecular weight excluding hydrogens is 190 g/mol. The van der Waals surface area contributed by atoms with E-state index in [1.54, 1.807) is 18.5 Å². The van der Waals surface area contributed by atoms with Crippen molar-refractivity contribution in [2.45, 2.75) is 0 Å². The first-order chi connectivity index (χ1) is 6.31. The quantitative estimate of drug-likeness (QED) is 0.650. The molecule has 2 aromatic rings. The zero-order valence-corrected chi connectivity index (χ0v) is 7.62. The molecule has 2 heterocycles. The second kappa shape index (κ2) is 3.14. The molecule has 0 amide bonds. The number of hydrogen-bond acceptors (Lipinski definition) is 4. The Labute approximate surface area is 79.6 Å². The van der Waals surface area contributed by atoms with Crippen LogP contribution >= 0.6 is 11.6 Å². The van der Waals surface area contributed by atoms with E-state index in [0.29, 0.717) is 11.4 Å². The summed E-state index contributed by atoms with van der Waals surface area (Å²) in [5, 5.41) is 1.05. The van der Waals surface area contributed by atoms with Crippen LogP contribution in [0.2, 0.25) is 5.28 Å². The van der Waals surface area contributed by atoms with Crippen molar-refractivity contribution in [1.29, 1.82) is 0 Å². The standard InChI is InChI=1S/C8H6ClN3O/c1-13-7-6-5(2-3-10-7)4-11-8(9)12-6/h2-4H,1H3. The van der Waals surface area contributed by atoms with E-state index in [4.69, 9.17) is 16.3 Å². The van der Waals surface area contributed by atoms with Crippen LogP contribution in [-0.2, 0) is 0 Å². The van der Waals surface area contributed by atoms with Gasteiger partial charge >= 0.3 is 0 Å². The average Bonchev–Trinajstić information content (AvgIpc) is 2.17. The molecule has 2 aromatic heterocycles. The van der Waals surface area contributed by atoms with Gasteiger partial charge in [0.05, 0.1) is 7.11 Å². The Bertz CT molecular complexity index is 446. The van der Waals surface area contributed by atoms with Gasteiger partial charge in [-0.05, 0) is 17.7 Å². The molecule has 0 saturated heterocycles. The fourth-order valence-electron chi connectivity index (χ4n) is 1.06. The summed E-state index contributed by atoms with van der Waals surface area (Å²) in [5.74, 6) is 0.460. The Hall–Kier alpha value is -1.42. The summed E-state index contributed by atoms with van der Waals surface area (Å²) < 4.78 is 5.02. The smallest absolute Gasteiger partial charge is 0.240 e. The molecule has 66 valence electrons. The number of aromatic nitrogens is 3. The summed E-state index contributed by atoms with van der Waals surface area (Å²) in [5.41, 5.74) is 0.630. The summed E-state index contributed by atoms with van der Waals surface area (Å²) in [6.45, 7) is 0. The van der Waals surface area contributed by atoms with Gasteiger partial charge in [0, 0.05) is 17.8 Å². The van der Waals surface area contributed by atoms with E-state index in [-0.39, 0.29) is 5.28 Å². The molecular formula is C8H6ClN3O. The zero-order chi connectivity index (χ0) is 9.26. The SMILES string of the molecule is COc1nccc2cnc(Cl)nc12. The topological polar surface area (TPSA) is 47.9 Å². The minimum Gasteiger partial charge on any atom is -0.479 e. The molecule has 0 aliphatic heterocycles. The first kappa shape index (κ1) is 8.19. The van der Waals surface area contributed by atoms with Crippen molar-refractivity contribution in [3.05, 3.63) is 23.7 Å². The third-order valence-corrected chi connectivity index (χ3v) is 1.81. The van der Waals surface area contributed by atoms with Crippen molar-refractivity contribution in [3.8, 4) is 5.88 Å². The van der Waals surface area contributed by atoms with Gasteiger partial charge in [0.25, 0.3) is 0 Å². The Morgan fingerprint density at radius 2 is 2.23 bits per heavy atom. The molecule has 0 unspecified atom stereocenters. The largest absolute Gasteiger partial charge is 0.479 e. The third kappa shape index (κ3) is 1.40. The Balaban J connectivity index is 2.79. The number of rotatable bonds is 1. The van der Waals surface area contributed by atoms with E-state index in [9.17, 15) is 0 Å². The lowest BCUT2D eigenvalue weighted by Gasteiger charge is -2.01. The predicted octanol–water partition coefficient (Wildman–Crippen LogP) is 1.69. The molecule has 0 atom stereocenters. The van der Waals surface area contributed by atoms with Gasteiger partial charge in [-0.3, -0.25) is 0 Å². The lowest BCUT2D eigenvalue weighted by Crippen LogP contribution is -1.92. The van der Waals surface area contributed by atoms with Crippen molar-refractivity contribution in [3.63, 3.8) is 0 Å². The maximum absolute atomic E-state index is 5.64. The number of halogens is 1. The van der Waals surface area contributed by atoms with Crippen LogP contribution in [0, 0.1) is 0 Å². The highest BCUT2D eigenvalue weighted by molar-refractivity contribution is 6.28. The van der Waals surface area contributed by atoms with Crippen LogP contribution in [0.3, 0.4) is 0 Å². The maximum atomic E-state index is 5.64. The summed E-state index contributed by atoms with van der Waals surface area (Å²) in [7, 11) is 1.54. The van der Waals surface area contributed by atoms with Crippen molar-refractivity contribution in [1.82, 2.24) is 15.0 Å². The van der Waals surface area contributed by atoms with E-state index in [1.807, 2.05) is 0 Å². The molecule has 0 N–H and O–H groups in total. The fraction of sp³-hybridized carbons (Fsp3) is 0.125. The molecule has 0 saturated carbocycles. The predicted molar refractivity (Wildman–Crippen MR) is 48.9 cm³/mol. The monoisotopic (exact) mass is 195 g/mol. The molecule has 0 spiro atoms. The summed E-state index contributed by atoms with van der Waals surface area (Å²) >= 11 is 5.64. The highest BCUT2D eigenvalue weighted by Gasteiger charge is 2.04.